The van der Waals surface area contributed by atoms with Crippen molar-refractivity contribution in [2.45, 2.75) is 78.1 Å². The molecule has 1 fully saturated rings. The lowest BCUT2D eigenvalue weighted by molar-refractivity contribution is -0.201. The number of aliphatic hydroxyl groups excluding tert-OH is 1. The molecular formula is C37H40F7N3O4S2. The van der Waals surface area contributed by atoms with Crippen LogP contribution in [0.3, 0.4) is 0 Å². The average Bonchev–Trinajstić information content (AvgIpc) is 3.71. The molecule has 0 saturated carbocycles. The van der Waals surface area contributed by atoms with Gasteiger partial charge in [0.15, 0.2) is 0 Å². The molecule has 3 unspecified atom stereocenters. The number of carbonyl (C=O) groups is 2. The minimum atomic E-state index is -5.09. The highest BCUT2D eigenvalue weighted by Gasteiger charge is 2.41. The van der Waals surface area contributed by atoms with Crippen molar-refractivity contribution >= 4 is 46.4 Å². The molecular weight excluding hydrogens is 748 g/mol. The topological polar surface area (TPSA) is 83.0 Å². The zero-order valence-electron chi connectivity index (χ0n) is 29.6. The summed E-state index contributed by atoms with van der Waals surface area (Å²) < 4.78 is 89.3. The van der Waals surface area contributed by atoms with Gasteiger partial charge in [-0.1, -0.05) is 50.4 Å². The van der Waals surface area contributed by atoms with Gasteiger partial charge in [0.2, 0.25) is 0 Å². The molecule has 0 aliphatic carbocycles. The van der Waals surface area contributed by atoms with Crippen LogP contribution in [0.15, 0.2) is 66.9 Å². The summed E-state index contributed by atoms with van der Waals surface area (Å²) in [5, 5.41) is 9.91. The number of alkyl halides is 3. The first-order valence-electron chi connectivity index (χ1n) is 16.3. The molecule has 3 atom stereocenters. The van der Waals surface area contributed by atoms with Crippen LogP contribution in [-0.4, -0.2) is 67.3 Å². The van der Waals surface area contributed by atoms with Crippen molar-refractivity contribution in [1.82, 2.24) is 14.8 Å². The molecule has 3 heterocycles. The van der Waals surface area contributed by atoms with E-state index < -0.39 is 47.6 Å². The summed E-state index contributed by atoms with van der Waals surface area (Å²) in [6.45, 7) is 9.78. The van der Waals surface area contributed by atoms with E-state index in [0.717, 1.165) is 34.9 Å². The number of aromatic nitrogens is 1. The van der Waals surface area contributed by atoms with Gasteiger partial charge >= 0.3 is 18.1 Å². The lowest BCUT2D eigenvalue weighted by atomic mass is 9.98. The number of thiocarbonyl (C=S) groups is 2. The van der Waals surface area contributed by atoms with Gasteiger partial charge in [0.1, 0.15) is 29.5 Å². The van der Waals surface area contributed by atoms with Crippen LogP contribution in [0.25, 0.3) is 0 Å². The quantitative estimate of drug-likeness (QED) is 0.121. The molecule has 2 aliphatic rings. The first-order valence-corrected chi connectivity index (χ1v) is 17.1. The fourth-order valence-corrected chi connectivity index (χ4v) is 5.47. The fourth-order valence-electron chi connectivity index (χ4n) is 5.14. The normalized spacial score (nSPS) is 17.4. The van der Waals surface area contributed by atoms with Crippen LogP contribution < -0.4 is 0 Å². The van der Waals surface area contributed by atoms with Crippen LogP contribution in [0.1, 0.15) is 74.4 Å². The van der Waals surface area contributed by atoms with Crippen molar-refractivity contribution in [2.24, 2.45) is 0 Å². The first kappa shape index (κ1) is 44.9. The van der Waals surface area contributed by atoms with Gasteiger partial charge in [-0.15, -0.1) is 0 Å². The van der Waals surface area contributed by atoms with Crippen LogP contribution in [-0.2, 0) is 14.3 Å². The maximum absolute atomic E-state index is 13.2. The molecule has 7 nitrogen and oxygen atoms in total. The lowest BCUT2D eigenvalue weighted by Crippen LogP contribution is -2.33. The maximum atomic E-state index is 13.2. The number of ether oxygens (including phenoxy) is 1. The molecule has 0 amide bonds. The highest BCUT2D eigenvalue weighted by Crippen LogP contribution is 2.32. The third kappa shape index (κ3) is 15.3. The number of benzene rings is 2. The lowest BCUT2D eigenvalue weighted by Gasteiger charge is -2.22. The van der Waals surface area contributed by atoms with E-state index in [2.05, 4.69) is 9.72 Å². The molecule has 0 bridgehead atoms. The Labute approximate surface area is 314 Å². The van der Waals surface area contributed by atoms with Gasteiger partial charge in [-0.25, -0.2) is 22.4 Å². The van der Waals surface area contributed by atoms with Gasteiger partial charge in [-0.3, -0.25) is 9.78 Å². The van der Waals surface area contributed by atoms with Crippen LogP contribution in [0.2, 0.25) is 0 Å². The smallest absolute Gasteiger partial charge is 0.387 e. The molecule has 5 rings (SSSR count). The number of likely N-dealkylation sites (tertiary alicyclic amines) is 1. The van der Waals surface area contributed by atoms with E-state index in [9.17, 15) is 45.4 Å². The van der Waals surface area contributed by atoms with Crippen molar-refractivity contribution in [2.75, 3.05) is 13.1 Å². The van der Waals surface area contributed by atoms with Crippen LogP contribution in [0.4, 0.5) is 30.7 Å². The van der Waals surface area contributed by atoms with Gasteiger partial charge in [0, 0.05) is 68.0 Å². The number of hydrogen-bond donors (Lipinski definition) is 1. The van der Waals surface area contributed by atoms with E-state index in [1.54, 1.807) is 4.90 Å². The fraction of sp³-hybridized carbons (Fsp3) is 0.378. The molecule has 288 valence electrons. The number of aryl methyl sites for hydroxylation is 2. The summed E-state index contributed by atoms with van der Waals surface area (Å²) in [6.07, 6.45) is -0.0150. The summed E-state index contributed by atoms with van der Waals surface area (Å²) >= 11 is 10.4. The summed E-state index contributed by atoms with van der Waals surface area (Å²) in [6, 6.07) is 13.1. The average molecular weight is 788 g/mol. The Morgan fingerprint density at radius 1 is 0.849 bits per heavy atom. The highest BCUT2D eigenvalue weighted by atomic mass is 32.1. The molecule has 53 heavy (non-hydrogen) atoms. The molecule has 0 spiro atoms. The Balaban J connectivity index is 0.000000257. The molecule has 1 aromatic heterocycles. The zero-order valence-corrected chi connectivity index (χ0v) is 31.2. The second kappa shape index (κ2) is 20.8. The monoisotopic (exact) mass is 787 g/mol. The molecule has 2 aliphatic heterocycles. The second-order valence-corrected chi connectivity index (χ2v) is 12.8. The first-order chi connectivity index (χ1) is 24.7. The van der Waals surface area contributed by atoms with E-state index in [1.807, 2.05) is 63.1 Å². The third-order valence-electron chi connectivity index (χ3n) is 7.57. The summed E-state index contributed by atoms with van der Waals surface area (Å²) in [7, 11) is 0. The number of nitrogens with zero attached hydrogens (tertiary/aromatic N) is 3. The summed E-state index contributed by atoms with van der Waals surface area (Å²) in [5.74, 6) is -6.09. The Kier molecular flexibility index (Phi) is 17.6. The van der Waals surface area contributed by atoms with Crippen LogP contribution in [0, 0.1) is 37.1 Å². The van der Waals surface area contributed by atoms with Crippen molar-refractivity contribution in [3.63, 3.8) is 0 Å². The Bertz CT molecular complexity index is 1720. The molecule has 1 N–H and O–H groups in total. The van der Waals surface area contributed by atoms with Crippen LogP contribution >= 0.6 is 24.4 Å². The minimum absolute atomic E-state index is 0.00435. The molecule has 0 radical (unpaired) electrons. The van der Waals surface area contributed by atoms with Gasteiger partial charge < -0.3 is 19.6 Å². The van der Waals surface area contributed by atoms with E-state index in [1.165, 1.54) is 24.3 Å². The number of aliphatic hydroxyl groups is 1. The number of rotatable bonds is 4. The summed E-state index contributed by atoms with van der Waals surface area (Å²) in [5.41, 5.74) is 3.41. The third-order valence-corrected chi connectivity index (χ3v) is 8.62. The van der Waals surface area contributed by atoms with E-state index in [4.69, 9.17) is 24.4 Å². The molecule has 2 aromatic carbocycles. The van der Waals surface area contributed by atoms with Crippen LogP contribution in [0.5, 0.6) is 0 Å². The van der Waals surface area contributed by atoms with Crippen molar-refractivity contribution < 1.29 is 50.2 Å². The van der Waals surface area contributed by atoms with Gasteiger partial charge in [0.25, 0.3) is 0 Å². The minimum Gasteiger partial charge on any atom is -0.387 e. The van der Waals surface area contributed by atoms with E-state index in [0.29, 0.717) is 49.0 Å². The maximum Gasteiger partial charge on any atom is 0.491 e. The van der Waals surface area contributed by atoms with Gasteiger partial charge in [-0.05, 0) is 74.2 Å². The number of carbonyl (C=O) groups excluding carboxylic acids is 2. The number of halogens is 7. The largest absolute Gasteiger partial charge is 0.491 e. The number of esters is 2. The SMILES string of the molecule is CC(=O)OC(=O)C(F)(F)F.CCC(=S)N1C=CC(c2cc(F)cc(F)c2)C1.CCC(=S)N1CC(c2cc(F)cc(F)c2)CC1O.Cc1cccc(C)n1. The summed E-state index contributed by atoms with van der Waals surface area (Å²) in [4.78, 5) is 28.8. The second-order valence-electron chi connectivity index (χ2n) is 11.9. The van der Waals surface area contributed by atoms with E-state index in [-0.39, 0.29) is 11.8 Å². The number of hydrogen-bond acceptors (Lipinski definition) is 7. The Hall–Kier alpha value is -4.28. The van der Waals surface area contributed by atoms with Gasteiger partial charge in [-0.2, -0.15) is 13.2 Å². The number of pyridine rings is 1. The zero-order chi connectivity index (χ0) is 40.0. The standard InChI is InChI=1S/C13H15F2NOS.C13H13F2NS.C7H9N.C4H3F3O3/c1-2-13(18)16-7-9(5-12(16)17)8-3-10(14)6-11(15)4-8;1-2-13(17)16-4-3-9(8-16)10-5-11(14)7-12(15)6-10;1-6-4-3-5-7(2)8-6;1-2(8)10-3(9)4(5,6)7/h3-4,6,9,12,17H,2,5,7H2,1H3;3-7,9H,2,8H2,1H3;3-5H,1-2H3;1H3. The van der Waals surface area contributed by atoms with Crippen molar-refractivity contribution in [3.05, 3.63) is 113 Å². The van der Waals surface area contributed by atoms with Crippen molar-refractivity contribution in [3.8, 4) is 0 Å². The van der Waals surface area contributed by atoms with Crippen molar-refractivity contribution in [1.29, 1.82) is 0 Å². The predicted octanol–water partition coefficient (Wildman–Crippen LogP) is 8.76. The Morgan fingerprint density at radius 3 is 1.74 bits per heavy atom. The molecule has 3 aromatic rings. The van der Waals surface area contributed by atoms with Gasteiger partial charge in [0.05, 0.1) is 9.98 Å². The van der Waals surface area contributed by atoms with E-state index >= 15 is 0 Å². The molecule has 16 heteroatoms. The predicted molar refractivity (Wildman–Crippen MR) is 194 cm³/mol. The highest BCUT2D eigenvalue weighted by molar-refractivity contribution is 7.80. The molecule has 1 saturated heterocycles. The Morgan fingerprint density at radius 2 is 1.34 bits per heavy atom.